The number of halogens is 1. The van der Waals surface area contributed by atoms with Crippen molar-refractivity contribution in [3.63, 3.8) is 0 Å². The van der Waals surface area contributed by atoms with Gasteiger partial charge in [-0.25, -0.2) is 4.39 Å². The van der Waals surface area contributed by atoms with Crippen LogP contribution in [0, 0.1) is 5.82 Å². The number of ether oxygens (including phenoxy) is 1. The van der Waals surface area contributed by atoms with Gasteiger partial charge in [-0.2, -0.15) is 0 Å². The normalized spacial score (nSPS) is 15.1. The number of amides is 1. The van der Waals surface area contributed by atoms with Crippen molar-refractivity contribution in [2.45, 2.75) is 32.4 Å². The molecule has 1 amide bonds. The summed E-state index contributed by atoms with van der Waals surface area (Å²) in [5, 5.41) is 5.80. The molecule has 114 valence electrons. The smallest absolute Gasteiger partial charge is 0.253 e. The Bertz CT molecular complexity index is 531. The number of anilines is 1. The zero-order valence-corrected chi connectivity index (χ0v) is 12.2. The summed E-state index contributed by atoms with van der Waals surface area (Å²) in [6.45, 7) is 7.09. The summed E-state index contributed by atoms with van der Waals surface area (Å²) in [6, 6.07) is 3.46. The van der Waals surface area contributed by atoms with Gasteiger partial charge in [0.1, 0.15) is 11.9 Å². The third-order valence-corrected chi connectivity index (χ3v) is 3.52. The highest BCUT2D eigenvalue weighted by molar-refractivity contribution is 5.94. The largest absolute Gasteiger partial charge is 0.368 e. The van der Waals surface area contributed by atoms with Crippen molar-refractivity contribution < 1.29 is 13.9 Å². The van der Waals surface area contributed by atoms with Gasteiger partial charge in [-0.05, 0) is 43.5 Å². The first-order valence-corrected chi connectivity index (χ1v) is 7.17. The maximum Gasteiger partial charge on any atom is 0.253 e. The predicted molar refractivity (Wildman–Crippen MR) is 80.7 cm³/mol. The summed E-state index contributed by atoms with van der Waals surface area (Å²) in [4.78, 5) is 12.0. The Hall–Kier alpha value is -1.72. The van der Waals surface area contributed by atoms with Crippen LogP contribution in [-0.2, 0) is 22.5 Å². The third-order valence-electron chi connectivity index (χ3n) is 3.52. The average Bonchev–Trinajstić information content (AvgIpc) is 2.50. The van der Waals surface area contributed by atoms with Crippen LogP contribution in [0.3, 0.4) is 0 Å². The lowest BCUT2D eigenvalue weighted by Gasteiger charge is -2.20. The van der Waals surface area contributed by atoms with Gasteiger partial charge >= 0.3 is 0 Å². The van der Waals surface area contributed by atoms with Gasteiger partial charge in [0, 0.05) is 6.54 Å². The van der Waals surface area contributed by atoms with E-state index >= 15 is 0 Å². The van der Waals surface area contributed by atoms with Crippen molar-refractivity contribution in [2.24, 2.45) is 0 Å². The number of fused-ring (bicyclic) bond motifs is 1. The summed E-state index contributed by atoms with van der Waals surface area (Å²) in [6.07, 6.45) is 2.41. The van der Waals surface area contributed by atoms with Gasteiger partial charge < -0.3 is 15.4 Å². The summed E-state index contributed by atoms with van der Waals surface area (Å²) >= 11 is 0. The number of hydrogen-bond acceptors (Lipinski definition) is 3. The summed E-state index contributed by atoms with van der Waals surface area (Å²) in [5.74, 6) is -0.674. The first-order valence-electron chi connectivity index (χ1n) is 7.17. The molecule has 0 bridgehead atoms. The Morgan fingerprint density at radius 3 is 3.19 bits per heavy atom. The predicted octanol–water partition coefficient (Wildman–Crippen LogP) is 2.39. The quantitative estimate of drug-likeness (QED) is 0.625. The molecule has 0 fully saturated rings. The molecular formula is C16H21FN2O2. The SMILES string of the molecule is C=CCCOC(C)C(=O)Nc1ccc2c(c1F)CCNC2. The van der Waals surface area contributed by atoms with Crippen LogP contribution in [0.25, 0.3) is 0 Å². The molecule has 0 aliphatic carbocycles. The minimum Gasteiger partial charge on any atom is -0.368 e. The molecule has 0 spiro atoms. The van der Waals surface area contributed by atoms with Gasteiger partial charge in [0.25, 0.3) is 5.91 Å². The number of hydrogen-bond donors (Lipinski definition) is 2. The van der Waals surface area contributed by atoms with Gasteiger partial charge in [0.2, 0.25) is 0 Å². The van der Waals surface area contributed by atoms with E-state index in [9.17, 15) is 9.18 Å². The van der Waals surface area contributed by atoms with Gasteiger partial charge in [0.05, 0.1) is 12.3 Å². The van der Waals surface area contributed by atoms with E-state index in [-0.39, 0.29) is 17.4 Å². The number of nitrogens with one attached hydrogen (secondary N) is 2. The Balaban J connectivity index is 2.02. The standard InChI is InChI=1S/C16H21FN2O2/c1-3-4-9-21-11(2)16(20)19-14-6-5-12-10-18-8-7-13(12)15(14)17/h3,5-6,11,18H,1,4,7-10H2,2H3,(H,19,20). The maximum atomic E-state index is 14.4. The van der Waals surface area contributed by atoms with Crippen LogP contribution < -0.4 is 10.6 Å². The van der Waals surface area contributed by atoms with E-state index < -0.39 is 6.10 Å². The molecule has 2 rings (SSSR count). The highest BCUT2D eigenvalue weighted by atomic mass is 19.1. The Kier molecular flexibility index (Phi) is 5.47. The van der Waals surface area contributed by atoms with Gasteiger partial charge in [-0.1, -0.05) is 12.1 Å². The lowest BCUT2D eigenvalue weighted by molar-refractivity contribution is -0.126. The number of rotatable bonds is 6. The van der Waals surface area contributed by atoms with Gasteiger partial charge in [0.15, 0.2) is 0 Å². The van der Waals surface area contributed by atoms with Crippen LogP contribution in [0.15, 0.2) is 24.8 Å². The molecule has 1 unspecified atom stereocenters. The molecule has 0 radical (unpaired) electrons. The molecule has 2 N–H and O–H groups in total. The van der Waals surface area contributed by atoms with E-state index in [0.717, 1.165) is 12.1 Å². The molecule has 5 heteroatoms. The minimum atomic E-state index is -0.623. The molecular weight excluding hydrogens is 271 g/mol. The molecule has 1 aromatic rings. The fourth-order valence-electron chi connectivity index (χ4n) is 2.27. The van der Waals surface area contributed by atoms with Crippen molar-refractivity contribution >= 4 is 11.6 Å². The fourth-order valence-corrected chi connectivity index (χ4v) is 2.27. The number of benzene rings is 1. The van der Waals surface area contributed by atoms with Crippen molar-refractivity contribution in [2.75, 3.05) is 18.5 Å². The number of carbonyl (C=O) groups excluding carboxylic acids is 1. The highest BCUT2D eigenvalue weighted by Gasteiger charge is 2.19. The summed E-state index contributed by atoms with van der Waals surface area (Å²) in [5.41, 5.74) is 1.86. The van der Waals surface area contributed by atoms with Crippen molar-refractivity contribution in [1.82, 2.24) is 5.32 Å². The second kappa shape index (κ2) is 7.33. The van der Waals surface area contributed by atoms with Crippen LogP contribution in [0.2, 0.25) is 0 Å². The molecule has 4 nitrogen and oxygen atoms in total. The Labute approximate surface area is 124 Å². The molecule has 0 aromatic heterocycles. The molecule has 0 saturated carbocycles. The molecule has 0 saturated heterocycles. The van der Waals surface area contributed by atoms with Crippen LogP contribution in [0.1, 0.15) is 24.5 Å². The van der Waals surface area contributed by atoms with E-state index in [0.29, 0.717) is 31.6 Å². The summed E-state index contributed by atoms with van der Waals surface area (Å²) in [7, 11) is 0. The van der Waals surface area contributed by atoms with E-state index in [4.69, 9.17) is 4.74 Å². The van der Waals surface area contributed by atoms with E-state index in [2.05, 4.69) is 17.2 Å². The molecule has 1 aliphatic heterocycles. The highest BCUT2D eigenvalue weighted by Crippen LogP contribution is 2.24. The molecule has 1 heterocycles. The number of carbonyl (C=O) groups is 1. The minimum absolute atomic E-state index is 0.222. The molecule has 1 aliphatic rings. The second-order valence-corrected chi connectivity index (χ2v) is 5.07. The average molecular weight is 292 g/mol. The Morgan fingerprint density at radius 2 is 2.43 bits per heavy atom. The van der Waals surface area contributed by atoms with Crippen LogP contribution in [0.4, 0.5) is 10.1 Å². The second-order valence-electron chi connectivity index (χ2n) is 5.07. The third kappa shape index (κ3) is 3.89. The monoisotopic (exact) mass is 292 g/mol. The van der Waals surface area contributed by atoms with E-state index in [1.54, 1.807) is 19.1 Å². The molecule has 21 heavy (non-hydrogen) atoms. The zero-order chi connectivity index (χ0) is 15.2. The van der Waals surface area contributed by atoms with Crippen LogP contribution in [-0.4, -0.2) is 25.2 Å². The van der Waals surface area contributed by atoms with E-state index in [1.807, 2.05) is 6.07 Å². The topological polar surface area (TPSA) is 50.4 Å². The molecule has 1 aromatic carbocycles. The van der Waals surface area contributed by atoms with Crippen LogP contribution in [0.5, 0.6) is 0 Å². The van der Waals surface area contributed by atoms with Crippen molar-refractivity contribution in [3.05, 3.63) is 41.7 Å². The zero-order valence-electron chi connectivity index (χ0n) is 12.2. The van der Waals surface area contributed by atoms with Gasteiger partial charge in [-0.15, -0.1) is 6.58 Å². The van der Waals surface area contributed by atoms with Crippen molar-refractivity contribution in [1.29, 1.82) is 0 Å². The lowest BCUT2D eigenvalue weighted by atomic mass is 9.99. The molecule has 1 atom stereocenters. The first-order chi connectivity index (χ1) is 10.1. The lowest BCUT2D eigenvalue weighted by Crippen LogP contribution is -2.29. The Morgan fingerprint density at radius 1 is 1.62 bits per heavy atom. The maximum absolute atomic E-state index is 14.4. The van der Waals surface area contributed by atoms with E-state index in [1.165, 1.54) is 0 Å². The summed E-state index contributed by atoms with van der Waals surface area (Å²) < 4.78 is 19.7. The first kappa shape index (κ1) is 15.7. The van der Waals surface area contributed by atoms with Crippen molar-refractivity contribution in [3.8, 4) is 0 Å². The van der Waals surface area contributed by atoms with Gasteiger partial charge in [-0.3, -0.25) is 4.79 Å². The fraction of sp³-hybridized carbons (Fsp3) is 0.438. The van der Waals surface area contributed by atoms with Crippen LogP contribution >= 0.6 is 0 Å².